The molecule has 80 valence electrons. The van der Waals surface area contributed by atoms with Crippen LogP contribution < -0.4 is 5.73 Å². The highest BCUT2D eigenvalue weighted by Gasteiger charge is 2.17. The largest absolute Gasteiger partial charge is 0.338 e. The second-order valence-corrected chi connectivity index (χ2v) is 3.92. The number of hydrogen-bond acceptors (Lipinski definition) is 4. The minimum absolute atomic E-state index is 0.141. The molecule has 4 nitrogen and oxygen atoms in total. The summed E-state index contributed by atoms with van der Waals surface area (Å²) in [6.07, 6.45) is 3.11. The fourth-order valence-electron chi connectivity index (χ4n) is 1.12. The SMILES string of the molecule is CCCCc1noc(C(N)C(C)C)n1. The molecule has 2 N–H and O–H groups in total. The Kier molecular flexibility index (Phi) is 4.07. The monoisotopic (exact) mass is 197 g/mol. The zero-order valence-corrected chi connectivity index (χ0v) is 9.16. The van der Waals surface area contributed by atoms with Gasteiger partial charge in [0.05, 0.1) is 6.04 Å². The third kappa shape index (κ3) is 2.80. The second kappa shape index (κ2) is 5.10. The number of rotatable bonds is 5. The van der Waals surface area contributed by atoms with Crippen LogP contribution in [0.4, 0.5) is 0 Å². The molecule has 1 heterocycles. The number of aryl methyl sites for hydroxylation is 1. The summed E-state index contributed by atoms with van der Waals surface area (Å²) in [7, 11) is 0. The highest BCUT2D eigenvalue weighted by atomic mass is 16.5. The van der Waals surface area contributed by atoms with Crippen LogP contribution >= 0.6 is 0 Å². The first-order chi connectivity index (χ1) is 6.65. The summed E-state index contributed by atoms with van der Waals surface area (Å²) in [5, 5.41) is 3.89. The summed E-state index contributed by atoms with van der Waals surface area (Å²) < 4.78 is 5.10. The van der Waals surface area contributed by atoms with Gasteiger partial charge in [-0.15, -0.1) is 0 Å². The van der Waals surface area contributed by atoms with Crippen LogP contribution in [0.1, 0.15) is 51.4 Å². The molecule has 1 rings (SSSR count). The Morgan fingerprint density at radius 1 is 1.43 bits per heavy atom. The zero-order chi connectivity index (χ0) is 10.6. The summed E-state index contributed by atoms with van der Waals surface area (Å²) in [4.78, 5) is 4.27. The van der Waals surface area contributed by atoms with Crippen molar-refractivity contribution in [1.82, 2.24) is 10.1 Å². The minimum Gasteiger partial charge on any atom is -0.338 e. The van der Waals surface area contributed by atoms with Gasteiger partial charge in [0.2, 0.25) is 5.89 Å². The van der Waals surface area contributed by atoms with E-state index in [1.54, 1.807) is 0 Å². The van der Waals surface area contributed by atoms with Crippen molar-refractivity contribution in [1.29, 1.82) is 0 Å². The van der Waals surface area contributed by atoms with Crippen molar-refractivity contribution >= 4 is 0 Å². The van der Waals surface area contributed by atoms with Crippen molar-refractivity contribution < 1.29 is 4.52 Å². The van der Waals surface area contributed by atoms with Gasteiger partial charge < -0.3 is 10.3 Å². The number of nitrogens with two attached hydrogens (primary N) is 1. The predicted molar refractivity (Wildman–Crippen MR) is 54.7 cm³/mol. The summed E-state index contributed by atoms with van der Waals surface area (Å²) in [6, 6.07) is -0.141. The van der Waals surface area contributed by atoms with Gasteiger partial charge in [-0.3, -0.25) is 0 Å². The van der Waals surface area contributed by atoms with Gasteiger partial charge in [0.25, 0.3) is 0 Å². The molecule has 1 aromatic heterocycles. The van der Waals surface area contributed by atoms with E-state index >= 15 is 0 Å². The molecule has 1 unspecified atom stereocenters. The number of nitrogens with zero attached hydrogens (tertiary/aromatic N) is 2. The van der Waals surface area contributed by atoms with Crippen molar-refractivity contribution in [2.45, 2.75) is 46.1 Å². The van der Waals surface area contributed by atoms with E-state index in [1.165, 1.54) is 0 Å². The summed E-state index contributed by atoms with van der Waals surface area (Å²) in [6.45, 7) is 6.22. The molecule has 0 bridgehead atoms. The highest BCUT2D eigenvalue weighted by Crippen LogP contribution is 2.16. The molecule has 4 heteroatoms. The maximum atomic E-state index is 5.88. The van der Waals surface area contributed by atoms with Crippen molar-refractivity contribution in [2.24, 2.45) is 11.7 Å². The van der Waals surface area contributed by atoms with Gasteiger partial charge in [-0.25, -0.2) is 0 Å². The molecule has 0 fully saturated rings. The van der Waals surface area contributed by atoms with Crippen molar-refractivity contribution in [3.05, 3.63) is 11.7 Å². The first kappa shape index (κ1) is 11.2. The number of unbranched alkanes of at least 4 members (excludes halogenated alkanes) is 1. The first-order valence-corrected chi connectivity index (χ1v) is 5.23. The topological polar surface area (TPSA) is 64.9 Å². The molecule has 14 heavy (non-hydrogen) atoms. The zero-order valence-electron chi connectivity index (χ0n) is 9.16. The van der Waals surface area contributed by atoms with Crippen LogP contribution in [-0.2, 0) is 6.42 Å². The molecular formula is C10H19N3O. The molecular weight excluding hydrogens is 178 g/mol. The lowest BCUT2D eigenvalue weighted by atomic mass is 10.1. The Balaban J connectivity index is 2.58. The van der Waals surface area contributed by atoms with Gasteiger partial charge in [0.1, 0.15) is 0 Å². The molecule has 0 aromatic carbocycles. The molecule has 0 aliphatic carbocycles. The molecule has 0 saturated heterocycles. The Morgan fingerprint density at radius 2 is 2.14 bits per heavy atom. The standard InChI is InChI=1S/C10H19N3O/c1-4-5-6-8-12-10(14-13-8)9(11)7(2)3/h7,9H,4-6,11H2,1-3H3. The van der Waals surface area contributed by atoms with Gasteiger partial charge in [0, 0.05) is 6.42 Å². The second-order valence-electron chi connectivity index (χ2n) is 3.92. The Labute approximate surface area is 84.9 Å². The summed E-state index contributed by atoms with van der Waals surface area (Å²) in [5.74, 6) is 1.67. The van der Waals surface area contributed by atoms with E-state index in [0.29, 0.717) is 11.8 Å². The Bertz CT molecular complexity index is 270. The van der Waals surface area contributed by atoms with Crippen LogP contribution in [0.15, 0.2) is 4.52 Å². The third-order valence-corrected chi connectivity index (χ3v) is 2.24. The van der Waals surface area contributed by atoms with Gasteiger partial charge >= 0.3 is 0 Å². The Morgan fingerprint density at radius 3 is 2.71 bits per heavy atom. The van der Waals surface area contributed by atoms with E-state index < -0.39 is 0 Å². The predicted octanol–water partition coefficient (Wildman–Crippen LogP) is 2.07. The van der Waals surface area contributed by atoms with E-state index in [1.807, 2.05) is 13.8 Å². The smallest absolute Gasteiger partial charge is 0.243 e. The summed E-state index contributed by atoms with van der Waals surface area (Å²) >= 11 is 0. The third-order valence-electron chi connectivity index (χ3n) is 2.24. The summed E-state index contributed by atoms with van der Waals surface area (Å²) in [5.41, 5.74) is 5.88. The van der Waals surface area contributed by atoms with Crippen molar-refractivity contribution in [3.63, 3.8) is 0 Å². The first-order valence-electron chi connectivity index (χ1n) is 5.23. The van der Waals surface area contributed by atoms with Gasteiger partial charge in [-0.2, -0.15) is 4.98 Å². The van der Waals surface area contributed by atoms with Crippen LogP contribution in [0.25, 0.3) is 0 Å². The van der Waals surface area contributed by atoms with E-state index in [2.05, 4.69) is 17.1 Å². The van der Waals surface area contributed by atoms with Crippen LogP contribution in [0.3, 0.4) is 0 Å². The average Bonchev–Trinajstić information content (AvgIpc) is 2.61. The number of aromatic nitrogens is 2. The lowest BCUT2D eigenvalue weighted by Gasteiger charge is -2.09. The van der Waals surface area contributed by atoms with Crippen molar-refractivity contribution in [3.8, 4) is 0 Å². The van der Waals surface area contributed by atoms with E-state index in [4.69, 9.17) is 10.3 Å². The molecule has 1 atom stereocenters. The van der Waals surface area contributed by atoms with Gasteiger partial charge in [0.15, 0.2) is 5.82 Å². The van der Waals surface area contributed by atoms with Crippen molar-refractivity contribution in [2.75, 3.05) is 0 Å². The molecule has 1 aromatic rings. The normalized spacial score (nSPS) is 13.5. The van der Waals surface area contributed by atoms with E-state index in [9.17, 15) is 0 Å². The molecule has 0 aliphatic heterocycles. The fraction of sp³-hybridized carbons (Fsp3) is 0.800. The van der Waals surface area contributed by atoms with Crippen LogP contribution in [-0.4, -0.2) is 10.1 Å². The van der Waals surface area contributed by atoms with E-state index in [-0.39, 0.29) is 6.04 Å². The molecule has 0 saturated carbocycles. The van der Waals surface area contributed by atoms with Crippen LogP contribution in [0, 0.1) is 5.92 Å². The molecule has 0 amide bonds. The van der Waals surface area contributed by atoms with E-state index in [0.717, 1.165) is 25.1 Å². The maximum Gasteiger partial charge on any atom is 0.243 e. The molecule has 0 aliphatic rings. The van der Waals surface area contributed by atoms with Gasteiger partial charge in [-0.05, 0) is 12.3 Å². The maximum absolute atomic E-state index is 5.88. The lowest BCUT2D eigenvalue weighted by Crippen LogP contribution is -2.17. The number of hydrogen-bond donors (Lipinski definition) is 1. The van der Waals surface area contributed by atoms with Crippen LogP contribution in [0.5, 0.6) is 0 Å². The van der Waals surface area contributed by atoms with Crippen LogP contribution in [0.2, 0.25) is 0 Å². The highest BCUT2D eigenvalue weighted by molar-refractivity contribution is 4.92. The Hall–Kier alpha value is -0.900. The minimum atomic E-state index is -0.141. The lowest BCUT2D eigenvalue weighted by molar-refractivity contribution is 0.322. The van der Waals surface area contributed by atoms with Gasteiger partial charge in [-0.1, -0.05) is 32.3 Å². The molecule has 0 radical (unpaired) electrons. The molecule has 0 spiro atoms. The quantitative estimate of drug-likeness (QED) is 0.784. The average molecular weight is 197 g/mol. The fourth-order valence-corrected chi connectivity index (χ4v) is 1.12.